The Bertz CT molecular complexity index is 755. The maximum Gasteiger partial charge on any atom is 0.280 e. The molecule has 1 N–H and O–H groups in total. The van der Waals surface area contributed by atoms with Crippen LogP contribution in [0.5, 0.6) is 5.75 Å². The molecule has 0 saturated carbocycles. The van der Waals surface area contributed by atoms with E-state index >= 15 is 0 Å². The third-order valence-electron chi connectivity index (χ3n) is 5.11. The van der Waals surface area contributed by atoms with Crippen LogP contribution in [0.3, 0.4) is 0 Å². The van der Waals surface area contributed by atoms with Crippen molar-refractivity contribution < 1.29 is 14.4 Å². The van der Waals surface area contributed by atoms with Crippen molar-refractivity contribution in [3.63, 3.8) is 0 Å². The van der Waals surface area contributed by atoms with E-state index in [-0.39, 0.29) is 0 Å². The first kappa shape index (κ1) is 16.6. The highest BCUT2D eigenvalue weighted by molar-refractivity contribution is 7.10. The predicted molar refractivity (Wildman–Crippen MR) is 102 cm³/mol. The molecule has 2 aliphatic rings. The van der Waals surface area contributed by atoms with Crippen LogP contribution in [0.25, 0.3) is 0 Å². The molecule has 0 fully saturated rings. The average molecular weight is 357 g/mol. The first-order valence-electron chi connectivity index (χ1n) is 9.12. The van der Waals surface area contributed by atoms with Crippen LogP contribution in [0.4, 0.5) is 5.69 Å². The predicted octanol–water partition coefficient (Wildman–Crippen LogP) is 3.80. The van der Waals surface area contributed by atoms with Gasteiger partial charge < -0.3 is 9.84 Å². The van der Waals surface area contributed by atoms with Crippen LogP contribution in [0.15, 0.2) is 41.8 Å². The molecule has 25 heavy (non-hydrogen) atoms. The van der Waals surface area contributed by atoms with Crippen molar-refractivity contribution in [2.75, 3.05) is 24.6 Å². The van der Waals surface area contributed by atoms with Gasteiger partial charge in [-0.15, -0.1) is 11.3 Å². The summed E-state index contributed by atoms with van der Waals surface area (Å²) in [6.45, 7) is 4.16. The number of nitrogens with zero attached hydrogens (tertiary/aromatic N) is 2. The Kier molecular flexibility index (Phi) is 4.52. The van der Waals surface area contributed by atoms with Gasteiger partial charge in [0.25, 0.3) is 11.6 Å². The minimum Gasteiger partial charge on any atom is -0.494 e. The van der Waals surface area contributed by atoms with Crippen LogP contribution < -0.4 is 9.64 Å². The molecule has 132 valence electrons. The molecule has 0 saturated heterocycles. The van der Waals surface area contributed by atoms with Crippen molar-refractivity contribution in [1.82, 2.24) is 0 Å². The summed E-state index contributed by atoms with van der Waals surface area (Å²) in [4.78, 5) is 3.32. The Morgan fingerprint density at radius 2 is 2.04 bits per heavy atom. The van der Waals surface area contributed by atoms with E-state index in [4.69, 9.17) is 4.74 Å². The highest BCUT2D eigenvalue weighted by Crippen LogP contribution is 2.37. The molecule has 0 radical (unpaired) electrons. The lowest BCUT2D eigenvalue weighted by Gasteiger charge is -2.21. The van der Waals surface area contributed by atoms with Crippen molar-refractivity contribution in [2.24, 2.45) is 0 Å². The summed E-state index contributed by atoms with van der Waals surface area (Å²) in [6.07, 6.45) is 4.55. The minimum absolute atomic E-state index is 0.580. The zero-order valence-corrected chi connectivity index (χ0v) is 15.5. The van der Waals surface area contributed by atoms with Gasteiger partial charge in [0.2, 0.25) is 0 Å². The molecule has 2 aromatic rings. The van der Waals surface area contributed by atoms with Crippen LogP contribution in [0.1, 0.15) is 37.5 Å². The lowest BCUT2D eigenvalue weighted by atomic mass is 10.1. The zero-order chi connectivity index (χ0) is 17.3. The van der Waals surface area contributed by atoms with E-state index in [1.807, 2.05) is 30.5 Å². The van der Waals surface area contributed by atoms with Crippen LogP contribution in [-0.4, -0.2) is 35.2 Å². The quantitative estimate of drug-likeness (QED) is 0.846. The number of β-amino-alcohol motifs (C(OH)–C–C–N with tert-alkyl or cyclic N) is 1. The molecule has 0 spiro atoms. The number of amidine groups is 1. The Morgan fingerprint density at radius 3 is 2.76 bits per heavy atom. The van der Waals surface area contributed by atoms with Gasteiger partial charge in [-0.05, 0) is 61.9 Å². The van der Waals surface area contributed by atoms with Gasteiger partial charge in [-0.3, -0.25) is 0 Å². The topological polar surface area (TPSA) is 35.7 Å². The molecule has 0 unspecified atom stereocenters. The number of ether oxygens (including phenoxy) is 1. The summed E-state index contributed by atoms with van der Waals surface area (Å²) in [5, 5.41) is 13.6. The van der Waals surface area contributed by atoms with Gasteiger partial charge in [-0.25, -0.2) is 9.48 Å². The molecule has 0 aliphatic carbocycles. The fourth-order valence-electron chi connectivity index (χ4n) is 3.92. The molecular weight excluding hydrogens is 332 g/mol. The number of benzene rings is 1. The molecule has 3 heterocycles. The van der Waals surface area contributed by atoms with Crippen LogP contribution in [-0.2, 0) is 5.72 Å². The van der Waals surface area contributed by atoms with Crippen LogP contribution in [0, 0.1) is 0 Å². The van der Waals surface area contributed by atoms with E-state index in [0.29, 0.717) is 13.2 Å². The normalized spacial score (nSPS) is 23.5. The fourth-order valence-corrected chi connectivity index (χ4v) is 4.74. The molecule has 0 bridgehead atoms. The van der Waals surface area contributed by atoms with Gasteiger partial charge in [-0.2, -0.15) is 0 Å². The standard InChI is InChI=1S/C20H25N2O2S/c1-2-24-17-11-9-16(10-12-17)21-15-20(23,18-7-6-14-25-18)22-13-5-3-4-8-19(21)22/h6-7,9-12,14,23H,2-5,8,13,15H2,1H3/q+1/t20-/m1/s1. The largest absolute Gasteiger partial charge is 0.494 e. The Hall–Kier alpha value is -1.85. The van der Waals surface area contributed by atoms with Crippen LogP contribution in [0.2, 0.25) is 0 Å². The lowest BCUT2D eigenvalue weighted by Crippen LogP contribution is -2.40. The van der Waals surface area contributed by atoms with Gasteiger partial charge in [0.05, 0.1) is 18.0 Å². The number of hydrogen-bond donors (Lipinski definition) is 1. The SMILES string of the molecule is CCOc1ccc(N2C[C@@](O)(c3cccs3)[N+]3=C2CCCCC3)cc1. The van der Waals surface area contributed by atoms with E-state index in [1.54, 1.807) is 11.3 Å². The van der Waals surface area contributed by atoms with E-state index in [2.05, 4.69) is 27.7 Å². The van der Waals surface area contributed by atoms with E-state index < -0.39 is 5.72 Å². The summed E-state index contributed by atoms with van der Waals surface area (Å²) < 4.78 is 7.80. The monoisotopic (exact) mass is 357 g/mol. The zero-order valence-electron chi connectivity index (χ0n) is 14.6. The molecule has 4 nitrogen and oxygen atoms in total. The van der Waals surface area contributed by atoms with E-state index in [1.165, 1.54) is 18.7 Å². The summed E-state index contributed by atoms with van der Waals surface area (Å²) in [7, 11) is 0. The first-order valence-corrected chi connectivity index (χ1v) is 10.0. The average Bonchev–Trinajstić information content (AvgIpc) is 3.17. The van der Waals surface area contributed by atoms with Gasteiger partial charge in [-0.1, -0.05) is 6.07 Å². The highest BCUT2D eigenvalue weighted by Gasteiger charge is 2.52. The fraction of sp³-hybridized carbons (Fsp3) is 0.450. The van der Waals surface area contributed by atoms with Crippen molar-refractivity contribution in [2.45, 2.75) is 38.3 Å². The van der Waals surface area contributed by atoms with Crippen LogP contribution >= 0.6 is 11.3 Å². The molecule has 1 atom stereocenters. The summed E-state index contributed by atoms with van der Waals surface area (Å²) in [5.74, 6) is 2.14. The van der Waals surface area contributed by atoms with Crippen molar-refractivity contribution in [1.29, 1.82) is 0 Å². The maximum atomic E-state index is 11.6. The van der Waals surface area contributed by atoms with Gasteiger partial charge in [0, 0.05) is 6.42 Å². The molecule has 0 amide bonds. The number of anilines is 1. The molecule has 1 aromatic heterocycles. The second-order valence-electron chi connectivity index (χ2n) is 6.69. The first-order chi connectivity index (χ1) is 12.2. The number of thiophene rings is 1. The third-order valence-corrected chi connectivity index (χ3v) is 6.12. The lowest BCUT2D eigenvalue weighted by molar-refractivity contribution is -0.657. The molecule has 5 heteroatoms. The molecule has 2 aliphatic heterocycles. The summed E-state index contributed by atoms with van der Waals surface area (Å²) >= 11 is 1.64. The Morgan fingerprint density at radius 1 is 1.20 bits per heavy atom. The molecule has 1 aromatic carbocycles. The van der Waals surface area contributed by atoms with Gasteiger partial charge >= 0.3 is 0 Å². The van der Waals surface area contributed by atoms with Gasteiger partial charge in [0.1, 0.15) is 11.4 Å². The summed E-state index contributed by atoms with van der Waals surface area (Å²) in [6, 6.07) is 12.3. The van der Waals surface area contributed by atoms with Gasteiger partial charge in [0.15, 0.2) is 6.54 Å². The Balaban J connectivity index is 1.72. The van der Waals surface area contributed by atoms with E-state index in [0.717, 1.165) is 35.7 Å². The number of rotatable bonds is 4. The minimum atomic E-state index is -0.924. The third kappa shape index (κ3) is 2.96. The smallest absolute Gasteiger partial charge is 0.280 e. The van der Waals surface area contributed by atoms with E-state index in [9.17, 15) is 5.11 Å². The second kappa shape index (κ2) is 6.81. The number of hydrogen-bond acceptors (Lipinski definition) is 4. The van der Waals surface area contributed by atoms with Crippen molar-refractivity contribution in [3.05, 3.63) is 46.7 Å². The maximum absolute atomic E-state index is 11.6. The molecule has 4 rings (SSSR count). The second-order valence-corrected chi connectivity index (χ2v) is 7.63. The number of aliphatic hydroxyl groups is 1. The van der Waals surface area contributed by atoms with Crippen molar-refractivity contribution >= 4 is 22.9 Å². The molecular formula is C20H25N2O2S+. The summed E-state index contributed by atoms with van der Waals surface area (Å²) in [5.41, 5.74) is 0.199. The van der Waals surface area contributed by atoms with Crippen molar-refractivity contribution in [3.8, 4) is 5.75 Å². The Labute approximate surface area is 153 Å². The highest BCUT2D eigenvalue weighted by atomic mass is 32.1.